The van der Waals surface area contributed by atoms with Crippen LogP contribution in [0.25, 0.3) is 11.4 Å². The van der Waals surface area contributed by atoms with E-state index in [9.17, 15) is 4.39 Å². The Hall–Kier alpha value is -1.43. The lowest BCUT2D eigenvalue weighted by Gasteiger charge is -2.23. The molecule has 1 saturated heterocycles. The van der Waals surface area contributed by atoms with Gasteiger partial charge in [-0.05, 0) is 24.6 Å². The fourth-order valence-electron chi connectivity index (χ4n) is 2.47. The van der Waals surface area contributed by atoms with E-state index in [-0.39, 0.29) is 11.1 Å². The topological polar surface area (TPSA) is 39.1 Å². The second-order valence-corrected chi connectivity index (χ2v) is 5.47. The molecule has 1 aromatic heterocycles. The van der Waals surface area contributed by atoms with E-state index in [0.29, 0.717) is 0 Å². The minimum absolute atomic E-state index is 0.113. The molecule has 1 aliphatic rings. The number of nitrogens with one attached hydrogen (secondary N) is 1. The third kappa shape index (κ3) is 3.43. The van der Waals surface area contributed by atoms with Crippen molar-refractivity contribution in [2.75, 3.05) is 19.7 Å². The SMILES string of the molecule is Fc1ccc(-c2nccn2CCC2CNCCO2)cc1Cl. The number of ether oxygens (including phenoxy) is 1. The van der Waals surface area contributed by atoms with Crippen LogP contribution in [0.3, 0.4) is 0 Å². The third-order valence-corrected chi connectivity index (χ3v) is 3.88. The van der Waals surface area contributed by atoms with Crippen molar-refractivity contribution in [2.24, 2.45) is 0 Å². The predicted octanol–water partition coefficient (Wildman–Crippen LogP) is 2.72. The van der Waals surface area contributed by atoms with Crippen molar-refractivity contribution in [1.29, 1.82) is 0 Å². The summed E-state index contributed by atoms with van der Waals surface area (Å²) in [5, 5.41) is 3.43. The van der Waals surface area contributed by atoms with Gasteiger partial charge in [-0.25, -0.2) is 9.37 Å². The van der Waals surface area contributed by atoms with E-state index in [0.717, 1.165) is 44.0 Å². The molecule has 112 valence electrons. The minimum Gasteiger partial charge on any atom is -0.376 e. The Bertz CT molecular complexity index is 611. The first-order valence-electron chi connectivity index (χ1n) is 7.03. The first-order valence-corrected chi connectivity index (χ1v) is 7.41. The number of rotatable bonds is 4. The molecule has 21 heavy (non-hydrogen) atoms. The van der Waals surface area contributed by atoms with Gasteiger partial charge in [0.05, 0.1) is 17.7 Å². The van der Waals surface area contributed by atoms with Crippen molar-refractivity contribution in [3.63, 3.8) is 0 Å². The molecule has 0 spiro atoms. The van der Waals surface area contributed by atoms with Crippen LogP contribution in [-0.2, 0) is 11.3 Å². The molecule has 1 atom stereocenters. The fourth-order valence-corrected chi connectivity index (χ4v) is 2.65. The van der Waals surface area contributed by atoms with Crippen molar-refractivity contribution in [3.05, 3.63) is 41.4 Å². The Kier molecular flexibility index (Phi) is 4.53. The number of hydrogen-bond donors (Lipinski definition) is 1. The van der Waals surface area contributed by atoms with Gasteiger partial charge in [-0.3, -0.25) is 0 Å². The van der Waals surface area contributed by atoms with Gasteiger partial charge in [0.2, 0.25) is 0 Å². The highest BCUT2D eigenvalue weighted by atomic mass is 35.5. The quantitative estimate of drug-likeness (QED) is 0.944. The van der Waals surface area contributed by atoms with Gasteiger partial charge in [-0.15, -0.1) is 0 Å². The Morgan fingerprint density at radius 2 is 2.38 bits per heavy atom. The van der Waals surface area contributed by atoms with E-state index in [1.165, 1.54) is 6.07 Å². The number of hydrogen-bond acceptors (Lipinski definition) is 3. The summed E-state index contributed by atoms with van der Waals surface area (Å²) in [6, 6.07) is 4.66. The zero-order valence-corrected chi connectivity index (χ0v) is 12.3. The maximum Gasteiger partial charge on any atom is 0.141 e. The summed E-state index contributed by atoms with van der Waals surface area (Å²) in [6.45, 7) is 3.36. The Morgan fingerprint density at radius 1 is 1.48 bits per heavy atom. The highest BCUT2D eigenvalue weighted by Gasteiger charge is 2.14. The monoisotopic (exact) mass is 309 g/mol. The molecule has 1 aromatic carbocycles. The van der Waals surface area contributed by atoms with Crippen LogP contribution in [0.1, 0.15) is 6.42 Å². The number of aryl methyl sites for hydroxylation is 1. The lowest BCUT2D eigenvalue weighted by Crippen LogP contribution is -2.38. The van der Waals surface area contributed by atoms with Crippen molar-refractivity contribution in [2.45, 2.75) is 19.1 Å². The fraction of sp³-hybridized carbons (Fsp3) is 0.400. The van der Waals surface area contributed by atoms with Crippen molar-refractivity contribution < 1.29 is 9.13 Å². The van der Waals surface area contributed by atoms with Crippen LogP contribution in [-0.4, -0.2) is 35.4 Å². The lowest BCUT2D eigenvalue weighted by molar-refractivity contribution is 0.0211. The van der Waals surface area contributed by atoms with Crippen LogP contribution in [0.5, 0.6) is 0 Å². The molecule has 2 heterocycles. The zero-order valence-electron chi connectivity index (χ0n) is 11.6. The number of aromatic nitrogens is 2. The molecule has 1 N–H and O–H groups in total. The summed E-state index contributed by atoms with van der Waals surface area (Å²) >= 11 is 5.84. The molecule has 0 amide bonds. The normalized spacial score (nSPS) is 18.9. The third-order valence-electron chi connectivity index (χ3n) is 3.59. The molecule has 0 radical (unpaired) electrons. The summed E-state index contributed by atoms with van der Waals surface area (Å²) in [6.07, 6.45) is 4.80. The Balaban J connectivity index is 1.72. The van der Waals surface area contributed by atoms with Crippen LogP contribution in [0.15, 0.2) is 30.6 Å². The number of benzene rings is 1. The van der Waals surface area contributed by atoms with Gasteiger partial charge in [0.1, 0.15) is 11.6 Å². The maximum atomic E-state index is 13.2. The molecule has 1 fully saturated rings. The van der Waals surface area contributed by atoms with Gasteiger partial charge in [0.15, 0.2) is 0 Å². The minimum atomic E-state index is -0.416. The summed E-state index contributed by atoms with van der Waals surface area (Å²) in [5.41, 5.74) is 0.814. The number of nitrogens with zero attached hydrogens (tertiary/aromatic N) is 2. The van der Waals surface area contributed by atoms with Gasteiger partial charge in [0, 0.05) is 37.6 Å². The van der Waals surface area contributed by atoms with Gasteiger partial charge in [0.25, 0.3) is 0 Å². The molecule has 1 unspecified atom stereocenters. The smallest absolute Gasteiger partial charge is 0.141 e. The molecule has 6 heteroatoms. The Labute approximate surface area is 127 Å². The van der Waals surface area contributed by atoms with Gasteiger partial charge >= 0.3 is 0 Å². The van der Waals surface area contributed by atoms with Crippen LogP contribution >= 0.6 is 11.6 Å². The molecule has 0 saturated carbocycles. The average Bonchev–Trinajstić information content (AvgIpc) is 2.97. The molecule has 0 aliphatic carbocycles. The van der Waals surface area contributed by atoms with Crippen LogP contribution in [0, 0.1) is 5.82 Å². The van der Waals surface area contributed by atoms with Gasteiger partial charge < -0.3 is 14.6 Å². The largest absolute Gasteiger partial charge is 0.376 e. The van der Waals surface area contributed by atoms with E-state index in [2.05, 4.69) is 10.3 Å². The first kappa shape index (κ1) is 14.5. The van der Waals surface area contributed by atoms with Crippen molar-refractivity contribution in [3.8, 4) is 11.4 Å². The summed E-state index contributed by atoms with van der Waals surface area (Å²) in [7, 11) is 0. The predicted molar refractivity (Wildman–Crippen MR) is 79.9 cm³/mol. The van der Waals surface area contributed by atoms with E-state index in [1.807, 2.05) is 10.8 Å². The molecular formula is C15H17ClFN3O. The van der Waals surface area contributed by atoms with Gasteiger partial charge in [-0.1, -0.05) is 11.6 Å². The van der Waals surface area contributed by atoms with E-state index >= 15 is 0 Å². The Morgan fingerprint density at radius 3 is 3.14 bits per heavy atom. The summed E-state index contributed by atoms with van der Waals surface area (Å²) < 4.78 is 21.0. The van der Waals surface area contributed by atoms with Crippen molar-refractivity contribution in [1.82, 2.24) is 14.9 Å². The summed E-state index contributed by atoms with van der Waals surface area (Å²) in [5.74, 6) is 0.376. The maximum absolute atomic E-state index is 13.2. The lowest BCUT2D eigenvalue weighted by atomic mass is 10.2. The number of imidazole rings is 1. The second-order valence-electron chi connectivity index (χ2n) is 5.06. The molecular weight excluding hydrogens is 293 g/mol. The highest BCUT2D eigenvalue weighted by Crippen LogP contribution is 2.24. The van der Waals surface area contributed by atoms with Crippen molar-refractivity contribution >= 4 is 11.6 Å². The average molecular weight is 310 g/mol. The van der Waals surface area contributed by atoms with Gasteiger partial charge in [-0.2, -0.15) is 0 Å². The molecule has 2 aromatic rings. The highest BCUT2D eigenvalue weighted by molar-refractivity contribution is 6.31. The zero-order chi connectivity index (χ0) is 14.7. The molecule has 3 rings (SSSR count). The number of morpholine rings is 1. The first-order chi connectivity index (χ1) is 10.2. The van der Waals surface area contributed by atoms with Crippen LogP contribution < -0.4 is 5.32 Å². The van der Waals surface area contributed by atoms with Crippen LogP contribution in [0.4, 0.5) is 4.39 Å². The molecule has 4 nitrogen and oxygen atoms in total. The van der Waals surface area contributed by atoms with Crippen LogP contribution in [0.2, 0.25) is 5.02 Å². The van der Waals surface area contributed by atoms with E-state index < -0.39 is 5.82 Å². The molecule has 0 bridgehead atoms. The number of halogens is 2. The van der Waals surface area contributed by atoms with E-state index in [1.54, 1.807) is 18.3 Å². The second kappa shape index (κ2) is 6.56. The standard InChI is InChI=1S/C15H17ClFN3O/c16-13-9-11(1-2-14(13)17)15-19-4-7-20(15)6-3-12-10-18-5-8-21-12/h1-2,4,7,9,12,18H,3,5-6,8,10H2. The summed E-state index contributed by atoms with van der Waals surface area (Å²) in [4.78, 5) is 4.35. The van der Waals surface area contributed by atoms with E-state index in [4.69, 9.17) is 16.3 Å². The molecule has 1 aliphatic heterocycles.